The molecule has 0 spiro atoms. The Kier molecular flexibility index (Phi) is 6.33. The Labute approximate surface area is 84.6 Å². The standard InChI is InChI=1S/C9H18ClNO2/c1-9(7-12,8-13)6-11(2)5-3-4-10/h3-4,12-13H,5-8H2,1-2H3/b4-3+. The van der Waals surface area contributed by atoms with Gasteiger partial charge in [0.1, 0.15) is 0 Å². The lowest BCUT2D eigenvalue weighted by Gasteiger charge is -2.29. The summed E-state index contributed by atoms with van der Waals surface area (Å²) in [7, 11) is 1.92. The van der Waals surface area contributed by atoms with Gasteiger partial charge in [0.05, 0.1) is 13.2 Å². The molecule has 0 aromatic heterocycles. The number of hydrogen-bond acceptors (Lipinski definition) is 3. The first-order chi connectivity index (χ1) is 6.08. The Hall–Kier alpha value is -0.0900. The van der Waals surface area contributed by atoms with E-state index in [0.29, 0.717) is 6.54 Å². The number of likely N-dealkylation sites (N-methyl/N-ethyl adjacent to an activating group) is 1. The number of aliphatic hydroxyl groups is 2. The van der Waals surface area contributed by atoms with Gasteiger partial charge in [0, 0.05) is 24.0 Å². The molecule has 0 aliphatic rings. The Morgan fingerprint density at radius 3 is 2.31 bits per heavy atom. The van der Waals surface area contributed by atoms with E-state index in [2.05, 4.69) is 0 Å². The second kappa shape index (κ2) is 6.38. The monoisotopic (exact) mass is 207 g/mol. The number of halogens is 1. The highest BCUT2D eigenvalue weighted by atomic mass is 35.5. The summed E-state index contributed by atoms with van der Waals surface area (Å²) in [5, 5.41) is 18.1. The van der Waals surface area contributed by atoms with Crippen LogP contribution in [0.2, 0.25) is 0 Å². The minimum absolute atomic E-state index is 0.0154. The molecule has 0 amide bonds. The van der Waals surface area contributed by atoms with Gasteiger partial charge in [0.25, 0.3) is 0 Å². The van der Waals surface area contributed by atoms with Gasteiger partial charge < -0.3 is 15.1 Å². The normalized spacial score (nSPS) is 13.1. The van der Waals surface area contributed by atoms with Crippen LogP contribution in [0.4, 0.5) is 0 Å². The van der Waals surface area contributed by atoms with Gasteiger partial charge in [0.15, 0.2) is 0 Å². The third-order valence-corrected chi connectivity index (χ3v) is 2.10. The molecule has 0 heterocycles. The Morgan fingerprint density at radius 1 is 1.38 bits per heavy atom. The van der Waals surface area contributed by atoms with Crippen molar-refractivity contribution in [1.82, 2.24) is 4.90 Å². The maximum atomic E-state index is 9.03. The number of rotatable bonds is 6. The Bertz CT molecular complexity index is 158. The van der Waals surface area contributed by atoms with E-state index >= 15 is 0 Å². The summed E-state index contributed by atoms with van der Waals surface area (Å²) in [6.45, 7) is 3.17. The fraction of sp³-hybridized carbons (Fsp3) is 0.778. The zero-order valence-corrected chi connectivity index (χ0v) is 8.96. The lowest BCUT2D eigenvalue weighted by molar-refractivity contribution is 0.0447. The fourth-order valence-corrected chi connectivity index (χ4v) is 1.17. The van der Waals surface area contributed by atoms with Gasteiger partial charge >= 0.3 is 0 Å². The molecule has 3 nitrogen and oxygen atoms in total. The van der Waals surface area contributed by atoms with Crippen molar-refractivity contribution in [2.75, 3.05) is 33.4 Å². The SMILES string of the molecule is CN(C/C=C/Cl)CC(C)(CO)CO. The highest BCUT2D eigenvalue weighted by molar-refractivity contribution is 6.25. The summed E-state index contributed by atoms with van der Waals surface area (Å²) in [6.07, 6.45) is 1.82. The van der Waals surface area contributed by atoms with Gasteiger partial charge in [-0.05, 0) is 7.05 Å². The maximum Gasteiger partial charge on any atom is 0.0519 e. The molecule has 0 aromatic rings. The van der Waals surface area contributed by atoms with Gasteiger partial charge in [-0.3, -0.25) is 0 Å². The molecule has 0 aromatic carbocycles. The Balaban J connectivity index is 3.93. The molecular formula is C9H18ClNO2. The predicted molar refractivity (Wildman–Crippen MR) is 54.8 cm³/mol. The molecule has 0 saturated carbocycles. The molecule has 0 fully saturated rings. The van der Waals surface area contributed by atoms with Crippen molar-refractivity contribution >= 4 is 11.6 Å². The number of hydrogen-bond donors (Lipinski definition) is 2. The number of aliphatic hydroxyl groups excluding tert-OH is 2. The first-order valence-corrected chi connectivity index (χ1v) is 4.67. The van der Waals surface area contributed by atoms with Crippen molar-refractivity contribution in [3.8, 4) is 0 Å². The Morgan fingerprint density at radius 2 is 1.92 bits per heavy atom. The van der Waals surface area contributed by atoms with Crippen LogP contribution in [-0.2, 0) is 0 Å². The molecule has 0 unspecified atom stereocenters. The minimum atomic E-state index is -0.436. The summed E-state index contributed by atoms with van der Waals surface area (Å²) < 4.78 is 0. The van der Waals surface area contributed by atoms with Crippen molar-refractivity contribution in [2.24, 2.45) is 5.41 Å². The third kappa shape index (κ3) is 5.26. The fourth-order valence-electron chi connectivity index (χ4n) is 1.09. The van der Waals surface area contributed by atoms with Crippen LogP contribution in [0.3, 0.4) is 0 Å². The summed E-state index contributed by atoms with van der Waals surface area (Å²) in [5.41, 5.74) is 1.03. The van der Waals surface area contributed by atoms with Gasteiger partial charge in [0.2, 0.25) is 0 Å². The zero-order chi connectivity index (χ0) is 10.3. The molecule has 0 aliphatic heterocycles. The van der Waals surface area contributed by atoms with Crippen LogP contribution >= 0.6 is 11.6 Å². The summed E-state index contributed by atoms with van der Waals surface area (Å²) >= 11 is 5.38. The third-order valence-electron chi connectivity index (χ3n) is 1.92. The van der Waals surface area contributed by atoms with E-state index < -0.39 is 5.41 Å². The van der Waals surface area contributed by atoms with Crippen molar-refractivity contribution in [3.63, 3.8) is 0 Å². The largest absolute Gasteiger partial charge is 0.396 e. The van der Waals surface area contributed by atoms with Crippen molar-refractivity contribution < 1.29 is 10.2 Å². The van der Waals surface area contributed by atoms with Crippen LogP contribution in [0.15, 0.2) is 11.6 Å². The lowest BCUT2D eigenvalue weighted by atomic mass is 9.92. The van der Waals surface area contributed by atoms with E-state index in [0.717, 1.165) is 6.54 Å². The minimum Gasteiger partial charge on any atom is -0.396 e. The quantitative estimate of drug-likeness (QED) is 0.673. The van der Waals surface area contributed by atoms with Crippen LogP contribution in [0.1, 0.15) is 6.92 Å². The molecule has 0 rings (SSSR count). The van der Waals surface area contributed by atoms with E-state index in [1.54, 1.807) is 0 Å². The van der Waals surface area contributed by atoms with Gasteiger partial charge in [-0.1, -0.05) is 24.6 Å². The van der Waals surface area contributed by atoms with Crippen molar-refractivity contribution in [1.29, 1.82) is 0 Å². The molecule has 0 radical (unpaired) electrons. The summed E-state index contributed by atoms with van der Waals surface area (Å²) in [6, 6.07) is 0. The molecule has 13 heavy (non-hydrogen) atoms. The summed E-state index contributed by atoms with van der Waals surface area (Å²) in [4.78, 5) is 1.99. The molecule has 0 atom stereocenters. The molecule has 4 heteroatoms. The maximum absolute atomic E-state index is 9.03. The van der Waals surface area contributed by atoms with Crippen LogP contribution in [0.25, 0.3) is 0 Å². The highest BCUT2D eigenvalue weighted by Crippen LogP contribution is 2.15. The van der Waals surface area contributed by atoms with E-state index in [1.807, 2.05) is 24.9 Å². The van der Waals surface area contributed by atoms with Crippen LogP contribution in [0.5, 0.6) is 0 Å². The molecule has 0 aliphatic carbocycles. The first-order valence-electron chi connectivity index (χ1n) is 4.23. The highest BCUT2D eigenvalue weighted by Gasteiger charge is 2.23. The van der Waals surface area contributed by atoms with E-state index in [9.17, 15) is 0 Å². The smallest absolute Gasteiger partial charge is 0.0519 e. The molecule has 2 N–H and O–H groups in total. The predicted octanol–water partition coefficient (Wildman–Crippen LogP) is 0.662. The van der Waals surface area contributed by atoms with Gasteiger partial charge in [-0.2, -0.15) is 0 Å². The van der Waals surface area contributed by atoms with Crippen LogP contribution in [-0.4, -0.2) is 48.5 Å². The lowest BCUT2D eigenvalue weighted by Crippen LogP contribution is -2.39. The van der Waals surface area contributed by atoms with Crippen molar-refractivity contribution in [3.05, 3.63) is 11.6 Å². The zero-order valence-electron chi connectivity index (χ0n) is 8.20. The second-order valence-corrected chi connectivity index (χ2v) is 3.94. The van der Waals surface area contributed by atoms with Crippen LogP contribution < -0.4 is 0 Å². The summed E-state index contributed by atoms with van der Waals surface area (Å²) in [5.74, 6) is 0. The number of nitrogens with zero attached hydrogens (tertiary/aromatic N) is 1. The molecule has 0 saturated heterocycles. The average Bonchev–Trinajstić information content (AvgIpc) is 2.14. The van der Waals surface area contributed by atoms with E-state index in [1.165, 1.54) is 5.54 Å². The van der Waals surface area contributed by atoms with Gasteiger partial charge in [-0.25, -0.2) is 0 Å². The molecule has 78 valence electrons. The topological polar surface area (TPSA) is 43.7 Å². The average molecular weight is 208 g/mol. The molecule has 0 bridgehead atoms. The van der Waals surface area contributed by atoms with E-state index in [-0.39, 0.29) is 13.2 Å². The van der Waals surface area contributed by atoms with Crippen molar-refractivity contribution in [2.45, 2.75) is 6.92 Å². The first kappa shape index (κ1) is 12.9. The molecular weight excluding hydrogens is 190 g/mol. The van der Waals surface area contributed by atoms with E-state index in [4.69, 9.17) is 21.8 Å². The second-order valence-electron chi connectivity index (χ2n) is 3.69. The van der Waals surface area contributed by atoms with Crippen LogP contribution in [0, 0.1) is 5.41 Å². The van der Waals surface area contributed by atoms with Gasteiger partial charge in [-0.15, -0.1) is 0 Å².